The molecule has 0 aliphatic carbocycles. The van der Waals surface area contributed by atoms with Gasteiger partial charge in [0.2, 0.25) is 0 Å². The third-order valence-corrected chi connectivity index (χ3v) is 3.53. The second kappa shape index (κ2) is 4.43. The lowest BCUT2D eigenvalue weighted by Gasteiger charge is -2.19. The van der Waals surface area contributed by atoms with Gasteiger partial charge in [0.15, 0.2) is 0 Å². The van der Waals surface area contributed by atoms with E-state index in [1.54, 1.807) is 0 Å². The highest BCUT2D eigenvalue weighted by molar-refractivity contribution is 4.79. The number of likely N-dealkylation sites (tertiary alicyclic amines) is 2. The van der Waals surface area contributed by atoms with Crippen LogP contribution in [0.25, 0.3) is 0 Å². The number of rotatable bonds is 3. The van der Waals surface area contributed by atoms with Crippen LogP contribution < -0.4 is 0 Å². The lowest BCUT2D eigenvalue weighted by molar-refractivity contribution is 0.267. The Kier molecular flexibility index (Phi) is 3.23. The third kappa shape index (κ3) is 2.44. The van der Waals surface area contributed by atoms with Crippen LogP contribution in [0.2, 0.25) is 0 Å². The van der Waals surface area contributed by atoms with Crippen LogP contribution >= 0.6 is 0 Å². The summed E-state index contributed by atoms with van der Waals surface area (Å²) in [4.78, 5) is 5.24. The second-order valence-corrected chi connectivity index (χ2v) is 4.56. The van der Waals surface area contributed by atoms with E-state index in [9.17, 15) is 0 Å². The Morgan fingerprint density at radius 1 is 1.08 bits per heavy atom. The van der Waals surface area contributed by atoms with Crippen molar-refractivity contribution in [2.24, 2.45) is 5.92 Å². The first-order valence-electron chi connectivity index (χ1n) is 5.83. The highest BCUT2D eigenvalue weighted by Gasteiger charge is 2.24. The van der Waals surface area contributed by atoms with Gasteiger partial charge < -0.3 is 9.80 Å². The van der Waals surface area contributed by atoms with Crippen molar-refractivity contribution in [3.05, 3.63) is 0 Å². The fourth-order valence-electron chi connectivity index (χ4n) is 2.68. The monoisotopic (exact) mass is 182 g/mol. The van der Waals surface area contributed by atoms with Crippen molar-refractivity contribution in [1.29, 1.82) is 0 Å². The molecular formula is C11H22N2. The Morgan fingerprint density at radius 3 is 2.46 bits per heavy atom. The molecule has 2 nitrogen and oxygen atoms in total. The van der Waals surface area contributed by atoms with Gasteiger partial charge >= 0.3 is 0 Å². The molecule has 0 spiro atoms. The van der Waals surface area contributed by atoms with E-state index in [4.69, 9.17) is 0 Å². The van der Waals surface area contributed by atoms with Gasteiger partial charge in [-0.2, -0.15) is 0 Å². The van der Waals surface area contributed by atoms with E-state index in [0.29, 0.717) is 0 Å². The van der Waals surface area contributed by atoms with Gasteiger partial charge in [0.05, 0.1) is 0 Å². The molecular weight excluding hydrogens is 160 g/mol. The average molecular weight is 182 g/mol. The van der Waals surface area contributed by atoms with Crippen molar-refractivity contribution in [3.63, 3.8) is 0 Å². The molecule has 2 rings (SSSR count). The van der Waals surface area contributed by atoms with Crippen LogP contribution in [-0.4, -0.2) is 49.1 Å². The van der Waals surface area contributed by atoms with Gasteiger partial charge in [-0.15, -0.1) is 0 Å². The number of nitrogens with zero attached hydrogens (tertiary/aromatic N) is 2. The van der Waals surface area contributed by atoms with Crippen LogP contribution in [0.15, 0.2) is 0 Å². The summed E-state index contributed by atoms with van der Waals surface area (Å²) in [5, 5.41) is 0. The molecule has 2 heteroatoms. The van der Waals surface area contributed by atoms with E-state index >= 15 is 0 Å². The van der Waals surface area contributed by atoms with E-state index in [2.05, 4.69) is 16.7 Å². The van der Waals surface area contributed by atoms with Crippen molar-refractivity contribution < 1.29 is 0 Å². The fourth-order valence-corrected chi connectivity index (χ4v) is 2.68. The minimum absolute atomic E-state index is 0.970. The summed E-state index contributed by atoms with van der Waals surface area (Å²) >= 11 is 0. The summed E-state index contributed by atoms with van der Waals surface area (Å²) in [6.45, 7) is 10.3. The normalized spacial score (nSPS) is 31.6. The highest BCUT2D eigenvalue weighted by Crippen LogP contribution is 2.19. The van der Waals surface area contributed by atoms with Crippen LogP contribution in [-0.2, 0) is 0 Å². The largest absolute Gasteiger partial charge is 0.303 e. The molecule has 2 heterocycles. The zero-order valence-electron chi connectivity index (χ0n) is 8.84. The number of hydrogen-bond acceptors (Lipinski definition) is 2. The maximum atomic E-state index is 2.66. The summed E-state index contributed by atoms with van der Waals surface area (Å²) in [6, 6.07) is 0. The molecule has 76 valence electrons. The van der Waals surface area contributed by atoms with Crippen LogP contribution in [0.5, 0.6) is 0 Å². The standard InChI is InChI=1S/C11H22N2/c1-2-12-8-5-11(9-12)10-13-6-3-4-7-13/h11H,2-10H2,1H3. The van der Waals surface area contributed by atoms with E-state index in [-0.39, 0.29) is 0 Å². The van der Waals surface area contributed by atoms with Crippen LogP contribution in [0, 0.1) is 5.92 Å². The summed E-state index contributed by atoms with van der Waals surface area (Å²) in [5.41, 5.74) is 0. The van der Waals surface area contributed by atoms with Crippen LogP contribution in [0.4, 0.5) is 0 Å². The molecule has 0 bridgehead atoms. The predicted molar refractivity (Wildman–Crippen MR) is 55.9 cm³/mol. The summed E-state index contributed by atoms with van der Waals surface area (Å²) in [5.74, 6) is 0.970. The smallest absolute Gasteiger partial charge is 0.00224 e. The van der Waals surface area contributed by atoms with Gasteiger partial charge in [0, 0.05) is 13.1 Å². The van der Waals surface area contributed by atoms with Gasteiger partial charge in [-0.3, -0.25) is 0 Å². The summed E-state index contributed by atoms with van der Waals surface area (Å²) < 4.78 is 0. The molecule has 2 aliphatic rings. The topological polar surface area (TPSA) is 6.48 Å². The Labute approximate surface area is 81.9 Å². The van der Waals surface area contributed by atoms with E-state index in [1.165, 1.54) is 58.5 Å². The quantitative estimate of drug-likeness (QED) is 0.651. The molecule has 0 aromatic rings. The lowest BCUT2D eigenvalue weighted by Crippen LogP contribution is -2.28. The van der Waals surface area contributed by atoms with Crippen molar-refractivity contribution in [3.8, 4) is 0 Å². The minimum Gasteiger partial charge on any atom is -0.303 e. The first-order chi connectivity index (χ1) is 6.38. The molecule has 0 radical (unpaired) electrons. The Balaban J connectivity index is 1.70. The Hall–Kier alpha value is -0.0800. The van der Waals surface area contributed by atoms with Gasteiger partial charge in [0.1, 0.15) is 0 Å². The highest BCUT2D eigenvalue weighted by atomic mass is 15.2. The Morgan fingerprint density at radius 2 is 1.85 bits per heavy atom. The van der Waals surface area contributed by atoms with Crippen molar-refractivity contribution in [2.75, 3.05) is 39.3 Å². The molecule has 1 atom stereocenters. The Bertz CT molecular complexity index is 152. The molecule has 2 aliphatic heterocycles. The number of hydrogen-bond donors (Lipinski definition) is 0. The summed E-state index contributed by atoms with van der Waals surface area (Å²) in [7, 11) is 0. The molecule has 13 heavy (non-hydrogen) atoms. The van der Waals surface area contributed by atoms with Gasteiger partial charge in [0.25, 0.3) is 0 Å². The predicted octanol–water partition coefficient (Wildman–Crippen LogP) is 1.42. The van der Waals surface area contributed by atoms with E-state index < -0.39 is 0 Å². The maximum Gasteiger partial charge on any atom is 0.00224 e. The first-order valence-corrected chi connectivity index (χ1v) is 5.83. The van der Waals surface area contributed by atoms with Gasteiger partial charge in [-0.05, 0) is 51.4 Å². The van der Waals surface area contributed by atoms with Crippen molar-refractivity contribution in [1.82, 2.24) is 9.80 Å². The fraction of sp³-hybridized carbons (Fsp3) is 1.00. The summed E-state index contributed by atoms with van der Waals surface area (Å²) in [6.07, 6.45) is 4.30. The zero-order valence-corrected chi connectivity index (χ0v) is 8.84. The molecule has 0 aromatic heterocycles. The minimum atomic E-state index is 0.970. The second-order valence-electron chi connectivity index (χ2n) is 4.56. The zero-order chi connectivity index (χ0) is 9.10. The van der Waals surface area contributed by atoms with Crippen LogP contribution in [0.1, 0.15) is 26.2 Å². The van der Waals surface area contributed by atoms with Gasteiger partial charge in [-0.1, -0.05) is 6.92 Å². The van der Waals surface area contributed by atoms with Crippen molar-refractivity contribution in [2.45, 2.75) is 26.2 Å². The molecule has 0 N–H and O–H groups in total. The molecule has 0 saturated carbocycles. The molecule has 0 amide bonds. The third-order valence-electron chi connectivity index (χ3n) is 3.53. The molecule has 0 aromatic carbocycles. The van der Waals surface area contributed by atoms with E-state index in [1.807, 2.05) is 0 Å². The lowest BCUT2D eigenvalue weighted by atomic mass is 10.1. The molecule has 1 unspecified atom stereocenters. The first kappa shape index (κ1) is 9.47. The van der Waals surface area contributed by atoms with Gasteiger partial charge in [-0.25, -0.2) is 0 Å². The SMILES string of the molecule is CCN1CCC(CN2CCCC2)C1. The van der Waals surface area contributed by atoms with E-state index in [0.717, 1.165) is 5.92 Å². The van der Waals surface area contributed by atoms with Crippen LogP contribution in [0.3, 0.4) is 0 Å². The van der Waals surface area contributed by atoms with Crippen molar-refractivity contribution >= 4 is 0 Å². The molecule has 2 fully saturated rings. The maximum absolute atomic E-state index is 2.66. The average Bonchev–Trinajstić information content (AvgIpc) is 2.76. The molecule has 2 saturated heterocycles.